The van der Waals surface area contributed by atoms with Crippen LogP contribution in [0.15, 0.2) is 71.6 Å². The first-order valence-electron chi connectivity index (χ1n) is 8.82. The molecule has 0 saturated carbocycles. The van der Waals surface area contributed by atoms with E-state index in [1.807, 2.05) is 36.4 Å². The third-order valence-corrected chi connectivity index (χ3v) is 6.00. The van der Waals surface area contributed by atoms with Crippen molar-refractivity contribution in [2.45, 2.75) is 18.4 Å². The molecule has 3 aromatic rings. The van der Waals surface area contributed by atoms with Crippen LogP contribution in [-0.4, -0.2) is 15.2 Å². The Kier molecular flexibility index (Phi) is 4.83. The Labute approximate surface area is 164 Å². The molecule has 0 aliphatic carbocycles. The van der Waals surface area contributed by atoms with Crippen LogP contribution in [0.1, 0.15) is 11.1 Å². The van der Waals surface area contributed by atoms with Crippen molar-refractivity contribution in [2.75, 3.05) is 16.8 Å². The van der Waals surface area contributed by atoms with Gasteiger partial charge in [-0.05, 0) is 60.5 Å². The summed E-state index contributed by atoms with van der Waals surface area (Å²) in [5.74, 6) is 1.51. The van der Waals surface area contributed by atoms with Crippen molar-refractivity contribution in [3.8, 4) is 11.5 Å². The molecule has 1 aliphatic rings. The number of anilines is 2. The Morgan fingerprint density at radius 1 is 0.893 bits per heavy atom. The fourth-order valence-corrected chi connectivity index (χ4v) is 4.29. The number of rotatable bonds is 6. The number of aryl methyl sites for hydroxylation is 1. The Bertz CT molecular complexity index is 1100. The number of benzene rings is 3. The van der Waals surface area contributed by atoms with Crippen LogP contribution in [0, 0.1) is 6.92 Å². The molecule has 1 aliphatic heterocycles. The number of nitrogens with one attached hydrogen (secondary N) is 2. The van der Waals surface area contributed by atoms with Gasteiger partial charge >= 0.3 is 0 Å². The smallest absolute Gasteiger partial charge is 0.262 e. The molecule has 6 nitrogen and oxygen atoms in total. The summed E-state index contributed by atoms with van der Waals surface area (Å²) in [7, 11) is -3.61. The summed E-state index contributed by atoms with van der Waals surface area (Å²) in [5.41, 5.74) is 3.17. The molecule has 28 heavy (non-hydrogen) atoms. The second-order valence-electron chi connectivity index (χ2n) is 6.49. The van der Waals surface area contributed by atoms with Gasteiger partial charge < -0.3 is 14.8 Å². The lowest BCUT2D eigenvalue weighted by Gasteiger charge is -2.11. The van der Waals surface area contributed by atoms with Crippen LogP contribution in [0.5, 0.6) is 11.5 Å². The minimum Gasteiger partial charge on any atom is -0.454 e. The second kappa shape index (κ2) is 7.44. The quantitative estimate of drug-likeness (QED) is 0.655. The molecule has 0 spiro atoms. The predicted molar refractivity (Wildman–Crippen MR) is 108 cm³/mol. The average Bonchev–Trinajstić information content (AvgIpc) is 3.15. The highest BCUT2D eigenvalue weighted by Gasteiger charge is 2.16. The molecule has 2 N–H and O–H groups in total. The minimum atomic E-state index is -3.61. The molecular weight excluding hydrogens is 376 g/mol. The van der Waals surface area contributed by atoms with Gasteiger partial charge in [-0.15, -0.1) is 0 Å². The highest BCUT2D eigenvalue weighted by Crippen LogP contribution is 2.32. The van der Waals surface area contributed by atoms with Crippen LogP contribution < -0.4 is 19.5 Å². The van der Waals surface area contributed by atoms with E-state index in [2.05, 4.69) is 10.0 Å². The molecule has 0 amide bonds. The zero-order valence-electron chi connectivity index (χ0n) is 15.3. The maximum absolute atomic E-state index is 12.6. The highest BCUT2D eigenvalue weighted by molar-refractivity contribution is 7.92. The predicted octanol–water partition coefficient (Wildman–Crippen LogP) is 4.14. The summed E-state index contributed by atoms with van der Waals surface area (Å²) >= 11 is 0. The summed E-state index contributed by atoms with van der Waals surface area (Å²) < 4.78 is 38.4. The van der Waals surface area contributed by atoms with E-state index < -0.39 is 10.0 Å². The summed E-state index contributed by atoms with van der Waals surface area (Å²) in [6.07, 6.45) is 0. The highest BCUT2D eigenvalue weighted by atomic mass is 32.2. The van der Waals surface area contributed by atoms with Crippen LogP contribution in [0.2, 0.25) is 0 Å². The second-order valence-corrected chi connectivity index (χ2v) is 8.14. The van der Waals surface area contributed by atoms with Gasteiger partial charge in [0.1, 0.15) is 0 Å². The average molecular weight is 396 g/mol. The largest absolute Gasteiger partial charge is 0.454 e. The lowest BCUT2D eigenvalue weighted by molar-refractivity contribution is 0.174. The van der Waals surface area contributed by atoms with Crippen LogP contribution in [0.4, 0.5) is 11.4 Å². The molecule has 0 fully saturated rings. The van der Waals surface area contributed by atoms with Crippen molar-refractivity contribution in [3.63, 3.8) is 0 Å². The molecule has 4 rings (SSSR count). The van der Waals surface area contributed by atoms with Crippen LogP contribution in [0.3, 0.4) is 0 Å². The van der Waals surface area contributed by atoms with Crippen molar-refractivity contribution in [1.82, 2.24) is 0 Å². The summed E-state index contributed by atoms with van der Waals surface area (Å²) in [6, 6.07) is 19.9. The first kappa shape index (κ1) is 18.2. The van der Waals surface area contributed by atoms with Gasteiger partial charge in [0.05, 0.1) is 4.90 Å². The molecule has 0 radical (unpaired) electrons. The van der Waals surface area contributed by atoms with Gasteiger partial charge in [0, 0.05) is 17.9 Å². The molecule has 0 aromatic heterocycles. The van der Waals surface area contributed by atoms with Gasteiger partial charge in [0.15, 0.2) is 11.5 Å². The van der Waals surface area contributed by atoms with E-state index in [4.69, 9.17) is 9.47 Å². The Morgan fingerprint density at radius 3 is 2.39 bits per heavy atom. The van der Waals surface area contributed by atoms with Crippen molar-refractivity contribution in [3.05, 3.63) is 77.9 Å². The number of ether oxygens (including phenoxy) is 2. The first-order chi connectivity index (χ1) is 13.5. The van der Waals surface area contributed by atoms with Crippen LogP contribution in [0.25, 0.3) is 0 Å². The maximum Gasteiger partial charge on any atom is 0.262 e. The molecule has 144 valence electrons. The molecule has 7 heteroatoms. The standard InChI is InChI=1S/C21H20N2O4S/c1-15-4-2-3-5-21(15)28(24,25)23-18-9-7-17(8-10-18)22-13-16-6-11-19-20(12-16)27-14-26-19/h2-12,22-23H,13-14H2,1H3. The van der Waals surface area contributed by atoms with E-state index in [9.17, 15) is 8.42 Å². The van der Waals surface area contributed by atoms with Crippen LogP contribution in [-0.2, 0) is 16.6 Å². The monoisotopic (exact) mass is 396 g/mol. The summed E-state index contributed by atoms with van der Waals surface area (Å²) in [4.78, 5) is 0.278. The molecule has 3 aromatic carbocycles. The van der Waals surface area contributed by atoms with Gasteiger partial charge in [-0.2, -0.15) is 0 Å². The fraction of sp³-hybridized carbons (Fsp3) is 0.143. The summed E-state index contributed by atoms with van der Waals surface area (Å²) in [6.45, 7) is 2.65. The topological polar surface area (TPSA) is 76.7 Å². The zero-order chi connectivity index (χ0) is 19.6. The van der Waals surface area contributed by atoms with E-state index in [0.717, 1.165) is 22.7 Å². The third kappa shape index (κ3) is 3.89. The molecule has 0 bridgehead atoms. The van der Waals surface area contributed by atoms with Crippen molar-refractivity contribution >= 4 is 21.4 Å². The van der Waals surface area contributed by atoms with Crippen molar-refractivity contribution in [2.24, 2.45) is 0 Å². The van der Waals surface area contributed by atoms with Gasteiger partial charge in [-0.1, -0.05) is 24.3 Å². The minimum absolute atomic E-state index is 0.256. The Morgan fingerprint density at radius 2 is 1.61 bits per heavy atom. The molecule has 0 unspecified atom stereocenters. The number of hydrogen-bond donors (Lipinski definition) is 2. The number of hydrogen-bond acceptors (Lipinski definition) is 5. The maximum atomic E-state index is 12.6. The van der Waals surface area contributed by atoms with Gasteiger partial charge in [0.2, 0.25) is 6.79 Å². The number of sulfonamides is 1. The third-order valence-electron chi connectivity index (χ3n) is 4.45. The van der Waals surface area contributed by atoms with Gasteiger partial charge in [0.25, 0.3) is 10.0 Å². The zero-order valence-corrected chi connectivity index (χ0v) is 16.1. The van der Waals surface area contributed by atoms with E-state index in [1.54, 1.807) is 37.3 Å². The van der Waals surface area contributed by atoms with Crippen molar-refractivity contribution in [1.29, 1.82) is 0 Å². The molecule has 0 atom stereocenters. The van der Waals surface area contributed by atoms with E-state index >= 15 is 0 Å². The number of fused-ring (bicyclic) bond motifs is 1. The van der Waals surface area contributed by atoms with Gasteiger partial charge in [-0.3, -0.25) is 4.72 Å². The molecule has 1 heterocycles. The SMILES string of the molecule is Cc1ccccc1S(=O)(=O)Nc1ccc(NCc2ccc3c(c2)OCO3)cc1. The van der Waals surface area contributed by atoms with E-state index in [-0.39, 0.29) is 11.7 Å². The first-order valence-corrected chi connectivity index (χ1v) is 10.3. The van der Waals surface area contributed by atoms with Crippen LogP contribution >= 0.6 is 0 Å². The van der Waals surface area contributed by atoms with Crippen molar-refractivity contribution < 1.29 is 17.9 Å². The molecular formula is C21H20N2O4S. The Balaban J connectivity index is 1.41. The van der Waals surface area contributed by atoms with Gasteiger partial charge in [-0.25, -0.2) is 8.42 Å². The fourth-order valence-electron chi connectivity index (χ4n) is 2.98. The normalized spacial score (nSPS) is 12.6. The Hall–Kier alpha value is -3.19. The summed E-state index contributed by atoms with van der Waals surface area (Å²) in [5, 5.41) is 3.31. The lowest BCUT2D eigenvalue weighted by Crippen LogP contribution is -2.14. The lowest BCUT2D eigenvalue weighted by atomic mass is 10.2. The molecule has 0 saturated heterocycles. The van der Waals surface area contributed by atoms with E-state index in [1.165, 1.54) is 0 Å². The van der Waals surface area contributed by atoms with E-state index in [0.29, 0.717) is 17.8 Å².